The number of hydrogen-bond acceptors (Lipinski definition) is 4. The van der Waals surface area contributed by atoms with Crippen LogP contribution in [0.4, 0.5) is 5.69 Å². The molecule has 2 aromatic rings. The predicted octanol–water partition coefficient (Wildman–Crippen LogP) is 3.85. The summed E-state index contributed by atoms with van der Waals surface area (Å²) in [5, 5.41) is 5.89. The molecule has 1 heterocycles. The molecular weight excluding hydrogens is 450 g/mol. The molecule has 0 spiro atoms. The standard InChI is InChI=1S/C26H33N3O4S/c30-25(18-20-11-13-24(14-12-20)34(32,33)29-15-4-1-5-16-29)27-19-21-7-6-10-23(17-21)28-26(31)22-8-2-3-9-22/h6-7,10-14,17,22H,1-5,8-9,15-16,18-19H2,(H,27,30)(H,28,31). The maximum atomic E-state index is 12.8. The number of rotatable bonds is 8. The highest BCUT2D eigenvalue weighted by molar-refractivity contribution is 7.89. The largest absolute Gasteiger partial charge is 0.352 e. The summed E-state index contributed by atoms with van der Waals surface area (Å²) in [4.78, 5) is 25.1. The summed E-state index contributed by atoms with van der Waals surface area (Å²) < 4.78 is 27.1. The number of nitrogens with zero attached hydrogens (tertiary/aromatic N) is 1. The molecule has 0 aromatic heterocycles. The number of nitrogens with one attached hydrogen (secondary N) is 2. The zero-order valence-electron chi connectivity index (χ0n) is 19.5. The minimum atomic E-state index is -3.47. The second-order valence-electron chi connectivity index (χ2n) is 9.23. The molecule has 34 heavy (non-hydrogen) atoms. The smallest absolute Gasteiger partial charge is 0.243 e. The first kappa shape index (κ1) is 24.4. The van der Waals surface area contributed by atoms with Crippen LogP contribution in [0, 0.1) is 5.92 Å². The van der Waals surface area contributed by atoms with Gasteiger partial charge in [-0.25, -0.2) is 8.42 Å². The zero-order valence-corrected chi connectivity index (χ0v) is 20.3. The second kappa shape index (κ2) is 11.1. The van der Waals surface area contributed by atoms with Crippen molar-refractivity contribution < 1.29 is 18.0 Å². The molecule has 7 nitrogen and oxygen atoms in total. The van der Waals surface area contributed by atoms with Crippen molar-refractivity contribution in [2.45, 2.75) is 62.8 Å². The van der Waals surface area contributed by atoms with Crippen molar-refractivity contribution in [1.82, 2.24) is 9.62 Å². The minimum Gasteiger partial charge on any atom is -0.352 e. The number of piperidine rings is 1. The summed E-state index contributed by atoms with van der Waals surface area (Å²) in [6, 6.07) is 14.1. The predicted molar refractivity (Wildman–Crippen MR) is 132 cm³/mol. The maximum absolute atomic E-state index is 12.8. The van der Waals surface area contributed by atoms with Crippen molar-refractivity contribution >= 4 is 27.5 Å². The van der Waals surface area contributed by atoms with Crippen LogP contribution >= 0.6 is 0 Å². The van der Waals surface area contributed by atoms with Crippen LogP contribution in [0.3, 0.4) is 0 Å². The van der Waals surface area contributed by atoms with E-state index in [4.69, 9.17) is 0 Å². The van der Waals surface area contributed by atoms with Gasteiger partial charge >= 0.3 is 0 Å². The minimum absolute atomic E-state index is 0.0735. The van der Waals surface area contributed by atoms with Crippen molar-refractivity contribution in [2.24, 2.45) is 5.92 Å². The van der Waals surface area contributed by atoms with Crippen LogP contribution in [0.15, 0.2) is 53.4 Å². The molecular formula is C26H33N3O4S. The zero-order chi connectivity index (χ0) is 24.0. The molecule has 1 aliphatic heterocycles. The molecule has 8 heteroatoms. The third-order valence-electron chi connectivity index (χ3n) is 6.65. The average molecular weight is 484 g/mol. The fourth-order valence-electron chi connectivity index (χ4n) is 4.67. The van der Waals surface area contributed by atoms with Gasteiger partial charge < -0.3 is 10.6 Å². The quantitative estimate of drug-likeness (QED) is 0.596. The van der Waals surface area contributed by atoms with Crippen LogP contribution < -0.4 is 10.6 Å². The first-order valence-corrected chi connectivity index (χ1v) is 13.6. The molecule has 2 aromatic carbocycles. The summed E-state index contributed by atoms with van der Waals surface area (Å²) in [6.07, 6.45) is 7.16. The Kier molecular flexibility index (Phi) is 8.00. The average Bonchev–Trinajstić information content (AvgIpc) is 3.39. The second-order valence-corrected chi connectivity index (χ2v) is 11.2. The number of hydrogen-bond donors (Lipinski definition) is 2. The van der Waals surface area contributed by atoms with Crippen LogP contribution in [0.2, 0.25) is 0 Å². The third kappa shape index (κ3) is 6.24. The Morgan fingerprint density at radius 1 is 0.882 bits per heavy atom. The van der Waals surface area contributed by atoms with E-state index in [1.165, 1.54) is 0 Å². The molecule has 1 aliphatic carbocycles. The maximum Gasteiger partial charge on any atom is 0.243 e. The van der Waals surface area contributed by atoms with Crippen LogP contribution in [0.25, 0.3) is 0 Å². The Balaban J connectivity index is 1.28. The van der Waals surface area contributed by atoms with Gasteiger partial charge in [-0.1, -0.05) is 43.5 Å². The molecule has 1 saturated heterocycles. The van der Waals surface area contributed by atoms with Crippen molar-refractivity contribution in [3.8, 4) is 0 Å². The van der Waals surface area contributed by atoms with Gasteiger partial charge in [0.1, 0.15) is 0 Å². The Labute approximate surface area is 202 Å². The Morgan fingerprint density at radius 3 is 2.29 bits per heavy atom. The molecule has 0 radical (unpaired) electrons. The number of benzene rings is 2. The molecule has 2 fully saturated rings. The monoisotopic (exact) mass is 483 g/mol. The molecule has 2 amide bonds. The molecule has 4 rings (SSSR count). The van der Waals surface area contributed by atoms with Crippen molar-refractivity contribution in [3.63, 3.8) is 0 Å². The third-order valence-corrected chi connectivity index (χ3v) is 8.56. The van der Waals surface area contributed by atoms with E-state index in [0.717, 1.165) is 61.8 Å². The Morgan fingerprint density at radius 2 is 1.59 bits per heavy atom. The fraction of sp³-hybridized carbons (Fsp3) is 0.462. The van der Waals surface area contributed by atoms with E-state index in [-0.39, 0.29) is 29.0 Å². The van der Waals surface area contributed by atoms with E-state index in [1.807, 2.05) is 24.3 Å². The summed E-state index contributed by atoms with van der Waals surface area (Å²) >= 11 is 0. The van der Waals surface area contributed by atoms with E-state index in [1.54, 1.807) is 28.6 Å². The van der Waals surface area contributed by atoms with E-state index >= 15 is 0 Å². The lowest BCUT2D eigenvalue weighted by atomic mass is 10.1. The van der Waals surface area contributed by atoms with E-state index < -0.39 is 10.0 Å². The number of sulfonamides is 1. The lowest BCUT2D eigenvalue weighted by Gasteiger charge is -2.25. The summed E-state index contributed by atoms with van der Waals surface area (Å²) in [5.74, 6) is 0.0288. The molecule has 1 saturated carbocycles. The normalized spacial score (nSPS) is 17.4. The van der Waals surface area contributed by atoms with Gasteiger partial charge in [-0.3, -0.25) is 9.59 Å². The highest BCUT2D eigenvalue weighted by Gasteiger charge is 2.26. The first-order valence-electron chi connectivity index (χ1n) is 12.2. The molecule has 2 N–H and O–H groups in total. The van der Waals surface area contributed by atoms with Gasteiger partial charge in [0.15, 0.2) is 0 Å². The van der Waals surface area contributed by atoms with Gasteiger partial charge in [0.2, 0.25) is 21.8 Å². The van der Waals surface area contributed by atoms with Crippen molar-refractivity contribution in [3.05, 3.63) is 59.7 Å². The summed E-state index contributed by atoms with van der Waals surface area (Å²) in [5.41, 5.74) is 2.40. The molecule has 182 valence electrons. The summed E-state index contributed by atoms with van der Waals surface area (Å²) in [6.45, 7) is 1.49. The summed E-state index contributed by atoms with van der Waals surface area (Å²) in [7, 11) is -3.47. The van der Waals surface area contributed by atoms with E-state index in [0.29, 0.717) is 19.6 Å². The van der Waals surface area contributed by atoms with Crippen molar-refractivity contribution in [1.29, 1.82) is 0 Å². The molecule has 2 aliphatic rings. The Bertz CT molecular complexity index is 1100. The molecule has 0 unspecified atom stereocenters. The van der Waals surface area contributed by atoms with Gasteiger partial charge in [0.05, 0.1) is 11.3 Å². The highest BCUT2D eigenvalue weighted by atomic mass is 32.2. The van der Waals surface area contributed by atoms with Crippen LogP contribution in [-0.2, 0) is 32.6 Å². The molecule has 0 bridgehead atoms. The first-order chi connectivity index (χ1) is 16.4. The van der Waals surface area contributed by atoms with Crippen LogP contribution in [0.5, 0.6) is 0 Å². The van der Waals surface area contributed by atoms with Gasteiger partial charge in [-0.2, -0.15) is 4.31 Å². The van der Waals surface area contributed by atoms with Gasteiger partial charge in [0.25, 0.3) is 0 Å². The van der Waals surface area contributed by atoms with Gasteiger partial charge in [0, 0.05) is 31.2 Å². The SMILES string of the molecule is O=C(Cc1ccc(S(=O)(=O)N2CCCCC2)cc1)NCc1cccc(NC(=O)C2CCCC2)c1. The lowest BCUT2D eigenvalue weighted by molar-refractivity contribution is -0.121. The number of amides is 2. The number of carbonyl (C=O) groups is 2. The van der Waals surface area contributed by atoms with Gasteiger partial charge in [-0.15, -0.1) is 0 Å². The number of carbonyl (C=O) groups excluding carboxylic acids is 2. The van der Waals surface area contributed by atoms with Gasteiger partial charge in [-0.05, 0) is 61.1 Å². The van der Waals surface area contributed by atoms with Crippen molar-refractivity contribution in [2.75, 3.05) is 18.4 Å². The van der Waals surface area contributed by atoms with E-state index in [9.17, 15) is 18.0 Å². The van der Waals surface area contributed by atoms with Crippen LogP contribution in [-0.4, -0.2) is 37.6 Å². The van der Waals surface area contributed by atoms with E-state index in [2.05, 4.69) is 10.6 Å². The van der Waals surface area contributed by atoms with Crippen LogP contribution in [0.1, 0.15) is 56.1 Å². The highest BCUT2D eigenvalue weighted by Crippen LogP contribution is 2.26. The molecule has 0 atom stereocenters. The fourth-order valence-corrected chi connectivity index (χ4v) is 6.19. The Hall–Kier alpha value is -2.71. The lowest BCUT2D eigenvalue weighted by Crippen LogP contribution is -2.35. The topological polar surface area (TPSA) is 95.6 Å². The number of anilines is 1.